The number of para-hydroxylation sites is 1. The summed E-state index contributed by atoms with van der Waals surface area (Å²) in [6.07, 6.45) is 2.43. The lowest BCUT2D eigenvalue weighted by Gasteiger charge is -2.10. The van der Waals surface area contributed by atoms with Crippen molar-refractivity contribution in [3.8, 4) is 5.69 Å². The predicted octanol–water partition coefficient (Wildman–Crippen LogP) is 1.78. The van der Waals surface area contributed by atoms with E-state index in [2.05, 4.69) is 20.6 Å². The van der Waals surface area contributed by atoms with E-state index in [1.54, 1.807) is 22.3 Å². The highest BCUT2D eigenvalue weighted by Gasteiger charge is 2.16. The van der Waals surface area contributed by atoms with Crippen LogP contribution in [-0.2, 0) is 6.42 Å². The normalized spacial score (nSPS) is 12.5. The number of aromatic nitrogens is 4. The Hall–Kier alpha value is -2.09. The van der Waals surface area contributed by atoms with E-state index < -0.39 is 0 Å². The first-order valence-corrected chi connectivity index (χ1v) is 7.49. The van der Waals surface area contributed by atoms with Gasteiger partial charge in [-0.1, -0.05) is 18.2 Å². The molecule has 21 heavy (non-hydrogen) atoms. The molecule has 108 valence electrons. The molecule has 3 N–H and O–H groups in total. The van der Waals surface area contributed by atoms with Crippen molar-refractivity contribution in [2.45, 2.75) is 19.4 Å². The van der Waals surface area contributed by atoms with Crippen molar-refractivity contribution >= 4 is 11.3 Å². The monoisotopic (exact) mass is 300 g/mol. The van der Waals surface area contributed by atoms with Crippen LogP contribution in [0, 0.1) is 6.92 Å². The third-order valence-corrected chi connectivity index (χ3v) is 4.09. The largest absolute Gasteiger partial charge is 0.271 e. The van der Waals surface area contributed by atoms with Crippen molar-refractivity contribution < 1.29 is 0 Å². The smallest absolute Gasteiger partial charge is 0.102 e. The summed E-state index contributed by atoms with van der Waals surface area (Å²) in [5.74, 6) is 5.66. The molecule has 0 aliphatic heterocycles. The predicted molar refractivity (Wildman–Crippen MR) is 82.0 cm³/mol. The van der Waals surface area contributed by atoms with Gasteiger partial charge < -0.3 is 0 Å². The van der Waals surface area contributed by atoms with Crippen LogP contribution in [0.5, 0.6) is 0 Å². The second-order valence-corrected chi connectivity index (χ2v) is 5.64. The Morgan fingerprint density at radius 1 is 1.33 bits per heavy atom. The summed E-state index contributed by atoms with van der Waals surface area (Å²) >= 11 is 1.63. The van der Waals surface area contributed by atoms with E-state index in [1.165, 1.54) is 0 Å². The number of nitrogens with one attached hydrogen (secondary N) is 1. The Balaban J connectivity index is 1.80. The van der Waals surface area contributed by atoms with E-state index in [1.807, 2.05) is 42.6 Å². The van der Waals surface area contributed by atoms with Crippen LogP contribution >= 0.6 is 11.3 Å². The van der Waals surface area contributed by atoms with Gasteiger partial charge in [-0.25, -0.2) is 4.98 Å². The number of hydrazine groups is 1. The third-order valence-electron chi connectivity index (χ3n) is 3.10. The van der Waals surface area contributed by atoms with Gasteiger partial charge in [-0.15, -0.1) is 11.3 Å². The van der Waals surface area contributed by atoms with Gasteiger partial charge >= 0.3 is 0 Å². The molecule has 3 aromatic rings. The maximum absolute atomic E-state index is 5.66. The van der Waals surface area contributed by atoms with Gasteiger partial charge in [0.1, 0.15) is 5.69 Å². The van der Waals surface area contributed by atoms with Crippen molar-refractivity contribution in [1.29, 1.82) is 0 Å². The van der Waals surface area contributed by atoms with Crippen LogP contribution in [0.25, 0.3) is 5.69 Å². The summed E-state index contributed by atoms with van der Waals surface area (Å²) in [6.45, 7) is 1.98. The van der Waals surface area contributed by atoms with Crippen LogP contribution in [0.2, 0.25) is 0 Å². The molecule has 7 heteroatoms. The lowest BCUT2D eigenvalue weighted by atomic mass is 10.2. The highest BCUT2D eigenvalue weighted by atomic mass is 32.1. The minimum Gasteiger partial charge on any atom is -0.271 e. The highest BCUT2D eigenvalue weighted by molar-refractivity contribution is 7.09. The quantitative estimate of drug-likeness (QED) is 0.554. The molecule has 0 amide bonds. The van der Waals surface area contributed by atoms with Crippen LogP contribution in [-0.4, -0.2) is 20.0 Å². The minimum atomic E-state index is -0.104. The molecule has 2 heterocycles. The fourth-order valence-corrected chi connectivity index (χ4v) is 2.86. The average Bonchev–Trinajstić information content (AvgIpc) is 3.15. The second kappa shape index (κ2) is 6.13. The Labute approximate surface area is 126 Å². The van der Waals surface area contributed by atoms with E-state index in [0.29, 0.717) is 6.42 Å². The van der Waals surface area contributed by atoms with Crippen molar-refractivity contribution in [3.63, 3.8) is 0 Å². The number of nitrogens with zero attached hydrogens (tertiary/aromatic N) is 4. The van der Waals surface area contributed by atoms with Crippen LogP contribution in [0.4, 0.5) is 0 Å². The molecule has 0 aliphatic rings. The molecule has 1 aromatic carbocycles. The molecular weight excluding hydrogens is 284 g/mol. The zero-order chi connectivity index (χ0) is 14.7. The molecule has 1 unspecified atom stereocenters. The Kier molecular flexibility index (Phi) is 4.05. The average molecular weight is 300 g/mol. The molecular formula is C14H16N6S. The number of hydrogen-bond donors (Lipinski definition) is 2. The van der Waals surface area contributed by atoms with Gasteiger partial charge in [0.05, 0.1) is 22.9 Å². The van der Waals surface area contributed by atoms with E-state index in [9.17, 15) is 0 Å². The van der Waals surface area contributed by atoms with Crippen molar-refractivity contribution in [1.82, 2.24) is 25.4 Å². The number of aryl methyl sites for hydroxylation is 1. The van der Waals surface area contributed by atoms with E-state index >= 15 is 0 Å². The molecule has 0 saturated carbocycles. The SMILES string of the molecule is Cc1csc(CC(NN)c2cnn(-c3ccccc3)n2)n1. The molecule has 1 atom stereocenters. The van der Waals surface area contributed by atoms with Crippen LogP contribution in [0.3, 0.4) is 0 Å². The van der Waals surface area contributed by atoms with Crippen molar-refractivity contribution in [3.05, 3.63) is 58.3 Å². The second-order valence-electron chi connectivity index (χ2n) is 4.70. The topological polar surface area (TPSA) is 81.6 Å². The Morgan fingerprint density at radius 2 is 2.14 bits per heavy atom. The number of benzene rings is 1. The lowest BCUT2D eigenvalue weighted by Crippen LogP contribution is -2.30. The molecule has 0 spiro atoms. The van der Waals surface area contributed by atoms with Gasteiger partial charge in [-0.2, -0.15) is 15.0 Å². The Morgan fingerprint density at radius 3 is 2.81 bits per heavy atom. The van der Waals surface area contributed by atoms with Crippen LogP contribution in [0.1, 0.15) is 22.4 Å². The summed E-state index contributed by atoms with van der Waals surface area (Å²) in [4.78, 5) is 6.06. The number of hydrogen-bond acceptors (Lipinski definition) is 6. The molecule has 2 aromatic heterocycles. The van der Waals surface area contributed by atoms with Crippen LogP contribution in [0.15, 0.2) is 41.9 Å². The molecule has 0 saturated heterocycles. The van der Waals surface area contributed by atoms with Gasteiger partial charge in [-0.05, 0) is 19.1 Å². The van der Waals surface area contributed by atoms with Gasteiger partial charge in [-0.3, -0.25) is 11.3 Å². The summed E-state index contributed by atoms with van der Waals surface area (Å²) in [5, 5.41) is 11.9. The summed E-state index contributed by atoms with van der Waals surface area (Å²) < 4.78 is 0. The maximum atomic E-state index is 5.66. The summed E-state index contributed by atoms with van der Waals surface area (Å²) in [6, 6.07) is 9.68. The summed E-state index contributed by atoms with van der Waals surface area (Å²) in [7, 11) is 0. The molecule has 0 radical (unpaired) electrons. The molecule has 0 fully saturated rings. The van der Waals surface area contributed by atoms with E-state index in [0.717, 1.165) is 22.1 Å². The highest BCUT2D eigenvalue weighted by Crippen LogP contribution is 2.19. The lowest BCUT2D eigenvalue weighted by molar-refractivity contribution is 0.531. The number of thiazole rings is 1. The van der Waals surface area contributed by atoms with Crippen LogP contribution < -0.4 is 11.3 Å². The number of rotatable bonds is 5. The fraction of sp³-hybridized carbons (Fsp3) is 0.214. The fourth-order valence-electron chi connectivity index (χ4n) is 2.04. The first kappa shape index (κ1) is 13.9. The van der Waals surface area contributed by atoms with Gasteiger partial charge in [0, 0.05) is 17.5 Å². The molecule has 0 aliphatic carbocycles. The standard InChI is InChI=1S/C14H16N6S/c1-10-9-21-14(17-10)7-12(18-15)13-8-16-20(19-13)11-5-3-2-4-6-11/h2-6,8-9,12,18H,7,15H2,1H3. The zero-order valence-electron chi connectivity index (χ0n) is 11.6. The first-order chi connectivity index (χ1) is 10.3. The van der Waals surface area contributed by atoms with Gasteiger partial charge in [0.25, 0.3) is 0 Å². The van der Waals surface area contributed by atoms with E-state index in [4.69, 9.17) is 5.84 Å². The molecule has 0 bridgehead atoms. The number of nitrogens with two attached hydrogens (primary N) is 1. The van der Waals surface area contributed by atoms with Crippen molar-refractivity contribution in [2.24, 2.45) is 5.84 Å². The summed E-state index contributed by atoms with van der Waals surface area (Å²) in [5.41, 5.74) is 5.54. The van der Waals surface area contributed by atoms with Gasteiger partial charge in [0.15, 0.2) is 0 Å². The molecule has 3 rings (SSSR count). The van der Waals surface area contributed by atoms with E-state index in [-0.39, 0.29) is 6.04 Å². The minimum absolute atomic E-state index is 0.104. The van der Waals surface area contributed by atoms with Crippen molar-refractivity contribution in [2.75, 3.05) is 0 Å². The maximum Gasteiger partial charge on any atom is 0.102 e. The van der Waals surface area contributed by atoms with Gasteiger partial charge in [0.2, 0.25) is 0 Å². The Bertz CT molecular complexity index is 705. The zero-order valence-corrected chi connectivity index (χ0v) is 12.4. The third kappa shape index (κ3) is 3.15. The first-order valence-electron chi connectivity index (χ1n) is 6.61. The molecule has 6 nitrogen and oxygen atoms in total.